The Bertz CT molecular complexity index is 3030. The quantitative estimate of drug-likeness (QED) is 0.111. The number of esters is 2. The van der Waals surface area contributed by atoms with Crippen LogP contribution < -0.4 is 19.8 Å². The third-order valence-electron chi connectivity index (χ3n) is 11.3. The molecule has 0 spiro atoms. The number of carbonyl (C=O) groups is 2. The maximum absolute atomic E-state index is 12.5. The van der Waals surface area contributed by atoms with E-state index in [2.05, 4.69) is 19.1 Å². The summed E-state index contributed by atoms with van der Waals surface area (Å²) in [5.74, 6) is 0.835. The van der Waals surface area contributed by atoms with Gasteiger partial charge in [0, 0.05) is 16.6 Å². The van der Waals surface area contributed by atoms with E-state index in [1.165, 1.54) is 14.2 Å². The van der Waals surface area contributed by atoms with Crippen LogP contribution in [0.25, 0.3) is 16.7 Å². The summed E-state index contributed by atoms with van der Waals surface area (Å²) in [7, 11) is 10.6. The molecule has 0 radical (unpaired) electrons. The molecule has 4 aromatic heterocycles. The van der Waals surface area contributed by atoms with Crippen LogP contribution in [-0.2, 0) is 42.5 Å². The van der Waals surface area contributed by atoms with Gasteiger partial charge in [-0.3, -0.25) is 4.99 Å². The average Bonchev–Trinajstić information content (AvgIpc) is 4.14. The minimum atomic E-state index is -1.59. The molecule has 0 saturated heterocycles. The number of H-pyrrole nitrogens is 2. The first kappa shape index (κ1) is 38.7. The fourth-order valence-corrected chi connectivity index (χ4v) is 9.01. The molecule has 2 N–H and O–H groups in total. The Kier molecular flexibility index (Phi) is 9.37. The van der Waals surface area contributed by atoms with Gasteiger partial charge < -0.3 is 19.4 Å². The zero-order chi connectivity index (χ0) is 42.1. The van der Waals surface area contributed by atoms with Gasteiger partial charge in [0.25, 0.3) is 11.6 Å². The summed E-state index contributed by atoms with van der Waals surface area (Å²) >= 11 is 15.9. The molecule has 2 atom stereocenters. The minimum Gasteiger partial charge on any atom is -0.465 e. The van der Waals surface area contributed by atoms with Crippen LogP contribution >= 0.6 is 23.2 Å². The molecule has 14 heteroatoms. The van der Waals surface area contributed by atoms with Crippen molar-refractivity contribution in [3.8, 4) is 0 Å². The monoisotopic (exact) mass is 838 g/mol. The fraction of sp³-hybridized carbons (Fsp3) is 0.174. The Balaban J connectivity index is 1.40. The lowest BCUT2D eigenvalue weighted by Crippen LogP contribution is -2.41. The first-order chi connectivity index (χ1) is 28.8. The van der Waals surface area contributed by atoms with Crippen LogP contribution in [-0.4, -0.2) is 61.7 Å². The topological polar surface area (TPSA) is 127 Å². The van der Waals surface area contributed by atoms with Gasteiger partial charge in [-0.2, -0.15) is 0 Å². The first-order valence-electron chi connectivity index (χ1n) is 19.1. The van der Waals surface area contributed by atoms with Crippen molar-refractivity contribution >= 4 is 63.3 Å². The van der Waals surface area contributed by atoms with Gasteiger partial charge in [-0.25, -0.2) is 32.8 Å². The number of hydrogen-bond donors (Lipinski definition) is 2. The summed E-state index contributed by atoms with van der Waals surface area (Å²) in [5, 5.41) is 1.61. The molecular weight excluding hydrogens is 799 g/mol. The fourth-order valence-electron chi connectivity index (χ4n) is 8.30. The van der Waals surface area contributed by atoms with E-state index in [-0.39, 0.29) is 0 Å². The predicted molar refractivity (Wildman–Crippen MR) is 229 cm³/mol. The lowest BCUT2D eigenvalue weighted by atomic mass is 9.86. The lowest BCUT2D eigenvalue weighted by molar-refractivity contribution is -0.673. The number of fused-ring (bicyclic) bond motifs is 6. The van der Waals surface area contributed by atoms with Gasteiger partial charge in [-0.15, -0.1) is 11.6 Å². The molecule has 60 heavy (non-hydrogen) atoms. The summed E-state index contributed by atoms with van der Waals surface area (Å²) in [6.07, 6.45) is 15.6. The number of hydrogen-bond acceptors (Lipinski definition) is 6. The van der Waals surface area contributed by atoms with Crippen LogP contribution in [0.1, 0.15) is 54.9 Å². The highest BCUT2D eigenvalue weighted by atomic mass is 35.5. The number of methoxy groups -OCH3 is 2. The summed E-state index contributed by atoms with van der Waals surface area (Å²) in [5.41, 5.74) is 7.88. The molecule has 2 aromatic carbocycles. The number of aryl methyl sites for hydroxylation is 4. The molecule has 12 nitrogen and oxygen atoms in total. The van der Waals surface area contributed by atoms with Crippen molar-refractivity contribution in [2.24, 2.45) is 38.2 Å². The van der Waals surface area contributed by atoms with Gasteiger partial charge in [0.15, 0.2) is 9.87 Å². The van der Waals surface area contributed by atoms with Crippen LogP contribution in [0.3, 0.4) is 0 Å². The number of aliphatic imine (C=N–C) groups is 2. The van der Waals surface area contributed by atoms with Crippen LogP contribution in [0.15, 0.2) is 138 Å². The second-order valence-electron chi connectivity index (χ2n) is 14.9. The lowest BCUT2D eigenvalue weighted by Gasteiger charge is -2.37. The van der Waals surface area contributed by atoms with Crippen LogP contribution in [0.5, 0.6) is 0 Å². The molecule has 8 bridgehead atoms. The average molecular weight is 840 g/mol. The maximum Gasteiger partial charge on any atom is 0.337 e. The molecule has 2 unspecified atom stereocenters. The van der Waals surface area contributed by atoms with Crippen molar-refractivity contribution in [3.05, 3.63) is 184 Å². The molecule has 0 aliphatic carbocycles. The Hall–Kier alpha value is -6.76. The first-order valence-corrected chi connectivity index (χ1v) is 19.8. The number of nitrogens with one attached hydrogen (secondary N) is 2. The van der Waals surface area contributed by atoms with Gasteiger partial charge in [0.05, 0.1) is 81.7 Å². The number of allylic oxidation sites excluding steroid dienone is 4. The zero-order valence-corrected chi connectivity index (χ0v) is 35.1. The SMILES string of the molecule is COC(=O)c1ccc(C2=c3ccc([nH]3)=C(c3n(C)cc[n+]3C)c3ccc([nH]3)C(Cl)(c3ccc(C(=O)OC)cc3)C3(Cl)C=CC(=N3)C(c3n(C)cc[n+]3C)=C3C=CC2=N3)cc1. The Morgan fingerprint density at radius 3 is 1.85 bits per heavy atom. The zero-order valence-electron chi connectivity index (χ0n) is 33.6. The highest BCUT2D eigenvalue weighted by molar-refractivity contribution is 6.41. The number of ether oxygens (including phenoxy) is 2. The Morgan fingerprint density at radius 1 is 0.683 bits per heavy atom. The van der Waals surface area contributed by atoms with Gasteiger partial charge in [-0.05, 0) is 84.0 Å². The second kappa shape index (κ2) is 14.5. The van der Waals surface area contributed by atoms with E-state index in [4.69, 9.17) is 42.7 Å². The summed E-state index contributed by atoms with van der Waals surface area (Å²) < 4.78 is 18.1. The highest BCUT2D eigenvalue weighted by Gasteiger charge is 2.54. The smallest absolute Gasteiger partial charge is 0.337 e. The van der Waals surface area contributed by atoms with Gasteiger partial charge in [-0.1, -0.05) is 35.9 Å². The van der Waals surface area contributed by atoms with Gasteiger partial charge in [0.1, 0.15) is 35.9 Å². The van der Waals surface area contributed by atoms with Crippen molar-refractivity contribution in [2.75, 3.05) is 14.2 Å². The van der Waals surface area contributed by atoms with Crippen LogP contribution in [0, 0.1) is 0 Å². The summed E-state index contributed by atoms with van der Waals surface area (Å²) in [6.45, 7) is 0. The normalized spacial score (nSPS) is 19.5. The number of alkyl halides is 2. The Morgan fingerprint density at radius 2 is 1.27 bits per heavy atom. The molecule has 7 heterocycles. The molecule has 3 aliphatic heterocycles. The van der Waals surface area contributed by atoms with E-state index in [1.807, 2.05) is 123 Å². The van der Waals surface area contributed by atoms with Crippen molar-refractivity contribution in [1.82, 2.24) is 19.1 Å². The van der Waals surface area contributed by atoms with Crippen molar-refractivity contribution in [2.45, 2.75) is 9.87 Å². The predicted octanol–water partition coefficient (Wildman–Crippen LogP) is 4.55. The maximum atomic E-state index is 12.5. The van der Waals surface area contributed by atoms with Crippen molar-refractivity contribution in [3.63, 3.8) is 0 Å². The molecule has 300 valence electrons. The second-order valence-corrected chi connectivity index (χ2v) is 16.0. The molecular formula is C46H40Cl2N8O4+2. The highest BCUT2D eigenvalue weighted by Crippen LogP contribution is 2.53. The molecule has 0 fully saturated rings. The van der Waals surface area contributed by atoms with Crippen molar-refractivity contribution in [1.29, 1.82) is 0 Å². The van der Waals surface area contributed by atoms with E-state index in [1.54, 1.807) is 36.4 Å². The third kappa shape index (κ3) is 6.05. The largest absolute Gasteiger partial charge is 0.465 e. The third-order valence-corrected chi connectivity index (χ3v) is 12.6. The van der Waals surface area contributed by atoms with E-state index in [0.29, 0.717) is 39.5 Å². The number of aromatic amines is 2. The van der Waals surface area contributed by atoms with E-state index in [0.717, 1.165) is 50.3 Å². The van der Waals surface area contributed by atoms with Crippen LogP contribution in [0.2, 0.25) is 0 Å². The minimum absolute atomic E-state index is 0.367. The molecule has 3 aliphatic rings. The number of nitrogens with zero attached hydrogens (tertiary/aromatic N) is 6. The Labute approximate surface area is 355 Å². The number of imidazole rings is 2. The van der Waals surface area contributed by atoms with Crippen molar-refractivity contribution < 1.29 is 28.2 Å². The standard InChI is InChI=1S/C46H39Cl2N8O4/c1-53-23-24-54(2)41(53)39-33-17-15-31(49-33)38(27-7-9-28(10-8-27)43(57)59-5)32-16-18-34(50-32)40(42-55(3)25-26-56(42)4)36-21-22-45(47,52-36)46(48,37-20-19-35(39)51-37)30-13-11-29(12-14-30)44(58)60-6/h7-26H,1-6H3,(H,49,50,51)/q+1/p+1. The number of aromatic nitrogens is 6. The van der Waals surface area contributed by atoms with E-state index in [9.17, 15) is 9.59 Å². The molecule has 9 rings (SSSR count). The summed E-state index contributed by atoms with van der Waals surface area (Å²) in [6, 6.07) is 22.2. The molecule has 0 saturated carbocycles. The molecule has 6 aromatic rings. The molecule has 0 amide bonds. The number of halogens is 2. The van der Waals surface area contributed by atoms with Gasteiger partial charge in [0.2, 0.25) is 0 Å². The summed E-state index contributed by atoms with van der Waals surface area (Å²) in [4.78, 5) is 40.0. The number of carbonyl (C=O) groups excluding carboxylic acids is 2. The number of rotatable bonds is 6. The number of benzene rings is 2. The van der Waals surface area contributed by atoms with E-state index < -0.39 is 21.8 Å². The van der Waals surface area contributed by atoms with E-state index >= 15 is 0 Å². The van der Waals surface area contributed by atoms with Crippen LogP contribution in [0.4, 0.5) is 0 Å². The van der Waals surface area contributed by atoms with Gasteiger partial charge >= 0.3 is 11.9 Å².